The van der Waals surface area contributed by atoms with E-state index in [-0.39, 0.29) is 6.04 Å². The maximum Gasteiger partial charge on any atom is 0.0594 e. The molecule has 0 amide bonds. The monoisotopic (exact) mass is 296 g/mol. The normalized spacial score (nSPS) is 17.4. The minimum atomic E-state index is -0.0574. The SMILES string of the molecule is Cc1ccc(C(N)c2ccc(CN3CCOCC3)cc2)cc1. The molecular weight excluding hydrogens is 272 g/mol. The van der Waals surface area contributed by atoms with Crippen molar-refractivity contribution >= 4 is 0 Å². The predicted molar refractivity (Wildman–Crippen MR) is 89.7 cm³/mol. The Bertz CT molecular complexity index is 586. The molecule has 1 fully saturated rings. The summed E-state index contributed by atoms with van der Waals surface area (Å²) in [4.78, 5) is 2.43. The lowest BCUT2D eigenvalue weighted by Crippen LogP contribution is -2.35. The molecule has 3 nitrogen and oxygen atoms in total. The lowest BCUT2D eigenvalue weighted by molar-refractivity contribution is 0.0342. The number of ether oxygens (including phenoxy) is 1. The van der Waals surface area contributed by atoms with Crippen LogP contribution < -0.4 is 5.73 Å². The van der Waals surface area contributed by atoms with Crippen LogP contribution in [0.1, 0.15) is 28.3 Å². The molecule has 116 valence electrons. The third-order valence-corrected chi connectivity index (χ3v) is 4.29. The summed E-state index contributed by atoms with van der Waals surface area (Å²) < 4.78 is 5.39. The van der Waals surface area contributed by atoms with Gasteiger partial charge in [-0.3, -0.25) is 4.90 Å². The fourth-order valence-corrected chi connectivity index (χ4v) is 2.81. The number of nitrogens with two attached hydrogens (primary N) is 1. The second-order valence-corrected chi connectivity index (χ2v) is 6.02. The molecule has 0 aromatic heterocycles. The number of hydrogen-bond acceptors (Lipinski definition) is 3. The first-order chi connectivity index (χ1) is 10.7. The number of morpholine rings is 1. The van der Waals surface area contributed by atoms with Gasteiger partial charge in [0.25, 0.3) is 0 Å². The summed E-state index contributed by atoms with van der Waals surface area (Å²) in [6, 6.07) is 17.1. The molecule has 3 heteroatoms. The second kappa shape index (κ2) is 7.05. The zero-order valence-corrected chi connectivity index (χ0v) is 13.2. The molecule has 1 atom stereocenters. The standard InChI is InChI=1S/C19H24N2O/c1-15-2-6-17(7-3-15)19(20)18-8-4-16(5-9-18)14-21-10-12-22-13-11-21/h2-9,19H,10-14,20H2,1H3. The Hall–Kier alpha value is -1.68. The molecule has 2 N–H and O–H groups in total. The molecule has 0 aliphatic carbocycles. The van der Waals surface area contributed by atoms with Crippen LogP contribution in [0.25, 0.3) is 0 Å². The van der Waals surface area contributed by atoms with Crippen molar-refractivity contribution in [1.29, 1.82) is 0 Å². The van der Waals surface area contributed by atoms with Crippen molar-refractivity contribution < 1.29 is 4.74 Å². The summed E-state index contributed by atoms with van der Waals surface area (Å²) in [5.74, 6) is 0. The Labute approximate surface area is 132 Å². The van der Waals surface area contributed by atoms with E-state index in [1.807, 2.05) is 0 Å². The molecule has 0 spiro atoms. The minimum Gasteiger partial charge on any atom is -0.379 e. The first-order valence-electron chi connectivity index (χ1n) is 7.93. The smallest absolute Gasteiger partial charge is 0.0594 e. The highest BCUT2D eigenvalue weighted by Gasteiger charge is 2.12. The van der Waals surface area contributed by atoms with Crippen LogP contribution in [0.4, 0.5) is 0 Å². The lowest BCUT2D eigenvalue weighted by Gasteiger charge is -2.26. The van der Waals surface area contributed by atoms with Gasteiger partial charge in [0.2, 0.25) is 0 Å². The molecule has 2 aromatic rings. The molecule has 2 aromatic carbocycles. The highest BCUT2D eigenvalue weighted by Crippen LogP contribution is 2.21. The van der Waals surface area contributed by atoms with E-state index in [0.29, 0.717) is 0 Å². The number of nitrogens with zero attached hydrogens (tertiary/aromatic N) is 1. The van der Waals surface area contributed by atoms with Crippen LogP contribution in [-0.4, -0.2) is 31.2 Å². The third kappa shape index (κ3) is 3.74. The average Bonchev–Trinajstić information content (AvgIpc) is 2.57. The first kappa shape index (κ1) is 15.2. The van der Waals surface area contributed by atoms with E-state index in [4.69, 9.17) is 10.5 Å². The molecule has 0 radical (unpaired) electrons. The quantitative estimate of drug-likeness (QED) is 0.943. The molecule has 0 saturated carbocycles. The van der Waals surface area contributed by atoms with Crippen molar-refractivity contribution in [2.45, 2.75) is 19.5 Å². The maximum absolute atomic E-state index is 6.37. The fraction of sp³-hybridized carbons (Fsp3) is 0.368. The number of hydrogen-bond donors (Lipinski definition) is 1. The number of benzene rings is 2. The molecular formula is C19H24N2O. The first-order valence-corrected chi connectivity index (χ1v) is 7.93. The van der Waals surface area contributed by atoms with Gasteiger partial charge in [-0.25, -0.2) is 0 Å². The van der Waals surface area contributed by atoms with Gasteiger partial charge in [0, 0.05) is 19.6 Å². The molecule has 1 saturated heterocycles. The van der Waals surface area contributed by atoms with Gasteiger partial charge >= 0.3 is 0 Å². The van der Waals surface area contributed by atoms with Crippen LogP contribution in [0.2, 0.25) is 0 Å². The molecule has 0 bridgehead atoms. The Morgan fingerprint density at radius 3 is 2.09 bits per heavy atom. The van der Waals surface area contributed by atoms with E-state index < -0.39 is 0 Å². The van der Waals surface area contributed by atoms with Gasteiger partial charge in [-0.2, -0.15) is 0 Å². The van der Waals surface area contributed by atoms with Crippen molar-refractivity contribution in [1.82, 2.24) is 4.90 Å². The van der Waals surface area contributed by atoms with Gasteiger partial charge in [-0.05, 0) is 23.6 Å². The molecule has 1 heterocycles. The summed E-state index contributed by atoms with van der Waals surface area (Å²) in [7, 11) is 0. The van der Waals surface area contributed by atoms with Gasteiger partial charge in [-0.1, -0.05) is 54.1 Å². The van der Waals surface area contributed by atoms with Gasteiger partial charge in [0.05, 0.1) is 19.3 Å². The topological polar surface area (TPSA) is 38.5 Å². The van der Waals surface area contributed by atoms with Gasteiger partial charge < -0.3 is 10.5 Å². The summed E-state index contributed by atoms with van der Waals surface area (Å²) in [6.45, 7) is 6.81. The molecule has 22 heavy (non-hydrogen) atoms. The molecule has 1 unspecified atom stereocenters. The Kier molecular flexibility index (Phi) is 4.88. The van der Waals surface area contributed by atoms with E-state index in [2.05, 4.69) is 60.4 Å². The zero-order chi connectivity index (χ0) is 15.4. The maximum atomic E-state index is 6.37. The van der Waals surface area contributed by atoms with Crippen LogP contribution >= 0.6 is 0 Å². The van der Waals surface area contributed by atoms with Gasteiger partial charge in [0.15, 0.2) is 0 Å². The highest BCUT2D eigenvalue weighted by molar-refractivity contribution is 5.34. The average molecular weight is 296 g/mol. The van der Waals surface area contributed by atoms with E-state index in [0.717, 1.165) is 44.0 Å². The van der Waals surface area contributed by atoms with Crippen molar-refractivity contribution in [2.75, 3.05) is 26.3 Å². The van der Waals surface area contributed by atoms with Crippen molar-refractivity contribution in [3.63, 3.8) is 0 Å². The summed E-state index contributed by atoms with van der Waals surface area (Å²) in [6.07, 6.45) is 0. The predicted octanol–water partition coefficient (Wildman–Crippen LogP) is 2.88. The van der Waals surface area contributed by atoms with Crippen molar-refractivity contribution in [3.8, 4) is 0 Å². The molecule has 1 aliphatic heterocycles. The Morgan fingerprint density at radius 1 is 0.955 bits per heavy atom. The summed E-state index contributed by atoms with van der Waals surface area (Å²) in [5.41, 5.74) is 11.3. The number of aryl methyl sites for hydroxylation is 1. The Morgan fingerprint density at radius 2 is 1.50 bits per heavy atom. The zero-order valence-electron chi connectivity index (χ0n) is 13.2. The van der Waals surface area contributed by atoms with Crippen molar-refractivity contribution in [3.05, 3.63) is 70.8 Å². The fourth-order valence-electron chi connectivity index (χ4n) is 2.81. The second-order valence-electron chi connectivity index (χ2n) is 6.02. The van der Waals surface area contributed by atoms with Crippen LogP contribution in [0.3, 0.4) is 0 Å². The van der Waals surface area contributed by atoms with Crippen molar-refractivity contribution in [2.24, 2.45) is 5.73 Å². The van der Waals surface area contributed by atoms with E-state index >= 15 is 0 Å². The van der Waals surface area contributed by atoms with Crippen LogP contribution in [0, 0.1) is 6.92 Å². The minimum absolute atomic E-state index is 0.0574. The van der Waals surface area contributed by atoms with Crippen LogP contribution in [-0.2, 0) is 11.3 Å². The summed E-state index contributed by atoms with van der Waals surface area (Å²) >= 11 is 0. The van der Waals surface area contributed by atoms with Crippen LogP contribution in [0.5, 0.6) is 0 Å². The van der Waals surface area contributed by atoms with Crippen LogP contribution in [0.15, 0.2) is 48.5 Å². The third-order valence-electron chi connectivity index (χ3n) is 4.29. The highest BCUT2D eigenvalue weighted by atomic mass is 16.5. The lowest BCUT2D eigenvalue weighted by atomic mass is 9.98. The van der Waals surface area contributed by atoms with Gasteiger partial charge in [0.1, 0.15) is 0 Å². The summed E-state index contributed by atoms with van der Waals surface area (Å²) in [5, 5.41) is 0. The van der Waals surface area contributed by atoms with Gasteiger partial charge in [-0.15, -0.1) is 0 Å². The molecule has 3 rings (SSSR count). The van der Waals surface area contributed by atoms with E-state index in [9.17, 15) is 0 Å². The molecule has 1 aliphatic rings. The van der Waals surface area contributed by atoms with E-state index in [1.54, 1.807) is 0 Å². The number of rotatable bonds is 4. The van der Waals surface area contributed by atoms with E-state index in [1.165, 1.54) is 11.1 Å². The Balaban J connectivity index is 1.66. The largest absolute Gasteiger partial charge is 0.379 e.